The van der Waals surface area contributed by atoms with E-state index in [9.17, 15) is 14.9 Å². The second-order valence-corrected chi connectivity index (χ2v) is 8.44. The van der Waals surface area contributed by atoms with Crippen LogP contribution in [0.4, 0.5) is 5.69 Å². The van der Waals surface area contributed by atoms with Crippen molar-refractivity contribution in [1.82, 2.24) is 5.43 Å². The molecule has 1 N–H and O–H groups in total. The second-order valence-electron chi connectivity index (χ2n) is 8.44. The number of carbonyl (C=O) groups is 1. The van der Waals surface area contributed by atoms with Gasteiger partial charge in [0, 0.05) is 23.1 Å². The Morgan fingerprint density at radius 2 is 1.56 bits per heavy atom. The highest BCUT2D eigenvalue weighted by Gasteiger charge is 2.60. The number of amides is 1. The van der Waals surface area contributed by atoms with Crippen LogP contribution >= 0.6 is 0 Å². The first kappa shape index (κ1) is 21.4. The van der Waals surface area contributed by atoms with Gasteiger partial charge in [-0.2, -0.15) is 5.10 Å². The summed E-state index contributed by atoms with van der Waals surface area (Å²) < 4.78 is 0. The van der Waals surface area contributed by atoms with Crippen LogP contribution in [0.15, 0.2) is 77.9 Å². The van der Waals surface area contributed by atoms with Crippen LogP contribution in [0.2, 0.25) is 0 Å². The van der Waals surface area contributed by atoms with E-state index in [1.54, 1.807) is 19.1 Å². The van der Waals surface area contributed by atoms with E-state index in [1.807, 2.05) is 13.8 Å². The Bertz CT molecular complexity index is 1150. The summed E-state index contributed by atoms with van der Waals surface area (Å²) in [5.41, 5.74) is 7.99. The molecule has 6 heteroatoms. The van der Waals surface area contributed by atoms with E-state index in [2.05, 4.69) is 59.1 Å². The molecule has 4 rings (SSSR count). The predicted molar refractivity (Wildman–Crippen MR) is 125 cm³/mol. The smallest absolute Gasteiger partial charge is 0.270 e. The number of carbonyl (C=O) groups excluding carboxylic acids is 1. The van der Waals surface area contributed by atoms with Crippen molar-refractivity contribution in [2.24, 2.45) is 11.0 Å². The number of hydrogen-bond donors (Lipinski definition) is 1. The summed E-state index contributed by atoms with van der Waals surface area (Å²) >= 11 is 0. The lowest BCUT2D eigenvalue weighted by Gasteiger charge is -2.19. The minimum absolute atomic E-state index is 0.0108. The minimum atomic E-state index is -0.447. The topological polar surface area (TPSA) is 84.6 Å². The second kappa shape index (κ2) is 8.38. The summed E-state index contributed by atoms with van der Waals surface area (Å²) in [5, 5.41) is 15.3. The fourth-order valence-electron chi connectivity index (χ4n) is 4.21. The maximum Gasteiger partial charge on any atom is 0.270 e. The minimum Gasteiger partial charge on any atom is -0.273 e. The van der Waals surface area contributed by atoms with Crippen molar-refractivity contribution < 1.29 is 9.72 Å². The molecule has 1 aliphatic carbocycles. The first-order chi connectivity index (χ1) is 15.3. The molecule has 0 heterocycles. The number of nitro benzene ring substituents is 1. The van der Waals surface area contributed by atoms with Crippen molar-refractivity contribution >= 4 is 17.3 Å². The van der Waals surface area contributed by atoms with Crippen LogP contribution in [-0.4, -0.2) is 16.5 Å². The molecule has 3 aromatic carbocycles. The molecule has 1 aliphatic rings. The van der Waals surface area contributed by atoms with E-state index < -0.39 is 4.92 Å². The van der Waals surface area contributed by atoms with Crippen molar-refractivity contribution in [3.63, 3.8) is 0 Å². The highest BCUT2D eigenvalue weighted by molar-refractivity contribution is 6.00. The van der Waals surface area contributed by atoms with Crippen LogP contribution in [0.5, 0.6) is 0 Å². The lowest BCUT2D eigenvalue weighted by Crippen LogP contribution is -2.26. The van der Waals surface area contributed by atoms with Gasteiger partial charge in [-0.25, -0.2) is 5.43 Å². The van der Waals surface area contributed by atoms with E-state index >= 15 is 0 Å². The van der Waals surface area contributed by atoms with Gasteiger partial charge in [0.1, 0.15) is 0 Å². The molecule has 1 amide bonds. The van der Waals surface area contributed by atoms with Gasteiger partial charge < -0.3 is 0 Å². The number of hydrazone groups is 1. The number of benzene rings is 3. The molecular weight excluding hydrogens is 402 g/mol. The molecule has 0 unspecified atom stereocenters. The van der Waals surface area contributed by atoms with Crippen molar-refractivity contribution in [1.29, 1.82) is 0 Å². The number of rotatable bonds is 6. The molecule has 32 heavy (non-hydrogen) atoms. The van der Waals surface area contributed by atoms with Crippen LogP contribution in [0.25, 0.3) is 0 Å². The van der Waals surface area contributed by atoms with Crippen LogP contribution in [0, 0.1) is 29.9 Å². The molecular formula is C26H25N3O3. The van der Waals surface area contributed by atoms with E-state index in [0.29, 0.717) is 17.7 Å². The zero-order chi connectivity index (χ0) is 22.9. The standard InChI is InChI=1S/C26H25N3O3/c1-17-7-11-21(12-8-17)26(22-13-9-18(2)10-14-22)16-24(26)25(30)28-27-19(3)20-5-4-6-23(15-20)29(31)32/h4-15,24H,16H2,1-3H3,(H,28,30)/b27-19-/t24-/m0/s1. The summed E-state index contributed by atoms with van der Waals surface area (Å²) in [4.78, 5) is 23.7. The molecule has 0 saturated heterocycles. The van der Waals surface area contributed by atoms with Crippen LogP contribution in [-0.2, 0) is 10.2 Å². The maximum absolute atomic E-state index is 13.1. The lowest BCUT2D eigenvalue weighted by molar-refractivity contribution is -0.384. The van der Waals surface area contributed by atoms with Gasteiger partial charge in [-0.1, -0.05) is 71.8 Å². The van der Waals surface area contributed by atoms with Crippen molar-refractivity contribution in [2.75, 3.05) is 0 Å². The number of nitro groups is 1. The van der Waals surface area contributed by atoms with Gasteiger partial charge in [-0.05, 0) is 38.3 Å². The third kappa shape index (κ3) is 4.04. The molecule has 0 aliphatic heterocycles. The summed E-state index contributed by atoms with van der Waals surface area (Å²) in [6.07, 6.45) is 0.705. The molecule has 6 nitrogen and oxygen atoms in total. The third-order valence-corrected chi connectivity index (χ3v) is 6.22. The number of nitrogens with one attached hydrogen (secondary N) is 1. The number of non-ortho nitro benzene ring substituents is 1. The first-order valence-corrected chi connectivity index (χ1v) is 10.5. The monoisotopic (exact) mass is 427 g/mol. The van der Waals surface area contributed by atoms with Gasteiger partial charge in [0.25, 0.3) is 5.69 Å². The highest BCUT2D eigenvalue weighted by Crippen LogP contribution is 2.59. The van der Waals surface area contributed by atoms with Crippen LogP contribution in [0.1, 0.15) is 41.2 Å². The van der Waals surface area contributed by atoms with Gasteiger partial charge in [0.15, 0.2) is 0 Å². The average Bonchev–Trinajstić information content (AvgIpc) is 3.55. The Labute approximate surface area is 187 Å². The predicted octanol–water partition coefficient (Wildman–Crippen LogP) is 5.06. The van der Waals surface area contributed by atoms with E-state index in [0.717, 1.165) is 11.1 Å². The Kier molecular flexibility index (Phi) is 5.61. The van der Waals surface area contributed by atoms with Gasteiger partial charge >= 0.3 is 0 Å². The highest BCUT2D eigenvalue weighted by atomic mass is 16.6. The summed E-state index contributed by atoms with van der Waals surface area (Å²) in [7, 11) is 0. The van der Waals surface area contributed by atoms with Gasteiger partial charge in [-0.3, -0.25) is 14.9 Å². The molecule has 162 valence electrons. The molecule has 1 saturated carbocycles. The molecule has 0 spiro atoms. The van der Waals surface area contributed by atoms with Gasteiger partial charge in [-0.15, -0.1) is 0 Å². The number of hydrogen-bond acceptors (Lipinski definition) is 4. The summed E-state index contributed by atoms with van der Waals surface area (Å²) in [6.45, 7) is 5.81. The van der Waals surface area contributed by atoms with Crippen molar-refractivity contribution in [3.05, 3.63) is 111 Å². The van der Waals surface area contributed by atoms with Crippen molar-refractivity contribution in [3.8, 4) is 0 Å². The first-order valence-electron chi connectivity index (χ1n) is 10.5. The van der Waals surface area contributed by atoms with Crippen LogP contribution in [0.3, 0.4) is 0 Å². The molecule has 0 bridgehead atoms. The summed E-state index contributed by atoms with van der Waals surface area (Å²) in [6, 6.07) is 22.9. The normalized spacial score (nSPS) is 17.0. The number of nitrogens with zero attached hydrogens (tertiary/aromatic N) is 2. The number of aryl methyl sites for hydroxylation is 2. The van der Waals surface area contributed by atoms with E-state index in [1.165, 1.54) is 23.3 Å². The molecule has 0 radical (unpaired) electrons. The average molecular weight is 428 g/mol. The Morgan fingerprint density at radius 3 is 2.09 bits per heavy atom. The van der Waals surface area contributed by atoms with E-state index in [-0.39, 0.29) is 22.9 Å². The Balaban J connectivity index is 1.58. The van der Waals surface area contributed by atoms with Crippen molar-refractivity contribution in [2.45, 2.75) is 32.6 Å². The largest absolute Gasteiger partial charge is 0.273 e. The quantitative estimate of drug-likeness (QED) is 0.339. The lowest BCUT2D eigenvalue weighted by atomic mass is 9.85. The van der Waals surface area contributed by atoms with Gasteiger partial charge in [0.05, 0.1) is 16.6 Å². The Morgan fingerprint density at radius 1 is 1.00 bits per heavy atom. The molecule has 3 aromatic rings. The summed E-state index contributed by atoms with van der Waals surface area (Å²) in [5.74, 6) is -0.398. The zero-order valence-electron chi connectivity index (χ0n) is 18.3. The van der Waals surface area contributed by atoms with Gasteiger partial charge in [0.2, 0.25) is 5.91 Å². The van der Waals surface area contributed by atoms with Crippen LogP contribution < -0.4 is 5.43 Å². The molecule has 1 fully saturated rings. The fourth-order valence-corrected chi connectivity index (χ4v) is 4.21. The third-order valence-electron chi connectivity index (χ3n) is 6.22. The molecule has 0 aromatic heterocycles. The SMILES string of the molecule is C/C(=N/NC(=O)[C@@H]1CC1(c1ccc(C)cc1)c1ccc(C)cc1)c1cccc([N+](=O)[O-])c1. The zero-order valence-corrected chi connectivity index (χ0v) is 18.3. The molecule has 1 atom stereocenters. The Hall–Kier alpha value is -3.80. The maximum atomic E-state index is 13.1. The van der Waals surface area contributed by atoms with E-state index in [4.69, 9.17) is 0 Å². The fraction of sp³-hybridized carbons (Fsp3) is 0.231.